The minimum Gasteiger partial charge on any atom is -0.381 e. The molecular weight excluding hydrogens is 260 g/mol. The van der Waals surface area contributed by atoms with E-state index in [-0.39, 0.29) is 0 Å². The van der Waals surface area contributed by atoms with Crippen LogP contribution in [0.5, 0.6) is 0 Å². The average molecular weight is 275 g/mol. The van der Waals surface area contributed by atoms with Crippen molar-refractivity contribution >= 4 is 11.6 Å². The second kappa shape index (κ2) is 5.68. The molecule has 0 unspecified atom stereocenters. The quantitative estimate of drug-likeness (QED) is 0.784. The average Bonchev–Trinajstić information content (AvgIpc) is 2.48. The van der Waals surface area contributed by atoms with Crippen LogP contribution >= 0.6 is 11.6 Å². The van der Waals surface area contributed by atoms with Crippen LogP contribution in [-0.4, -0.2) is 23.2 Å². The van der Waals surface area contributed by atoms with E-state index >= 15 is 0 Å². The standard InChI is InChI=1S/C15H15ClN2O/c16-14-10-13(11-4-2-1-3-5-11)17-15(18-14)12-6-8-19-9-7-12/h1-5,10,12H,6-9H2. The van der Waals surface area contributed by atoms with Gasteiger partial charge >= 0.3 is 0 Å². The van der Waals surface area contributed by atoms with E-state index in [9.17, 15) is 0 Å². The van der Waals surface area contributed by atoms with E-state index in [4.69, 9.17) is 16.3 Å². The molecule has 3 nitrogen and oxygen atoms in total. The zero-order valence-corrected chi connectivity index (χ0v) is 11.3. The van der Waals surface area contributed by atoms with Crippen LogP contribution < -0.4 is 0 Å². The van der Waals surface area contributed by atoms with E-state index in [1.54, 1.807) is 0 Å². The SMILES string of the molecule is Clc1cc(-c2ccccc2)nc(C2CCOCC2)n1. The van der Waals surface area contributed by atoms with E-state index in [0.29, 0.717) is 11.1 Å². The zero-order chi connectivity index (χ0) is 13.1. The molecule has 0 atom stereocenters. The summed E-state index contributed by atoms with van der Waals surface area (Å²) in [7, 11) is 0. The number of halogens is 1. The van der Waals surface area contributed by atoms with Crippen molar-refractivity contribution in [3.63, 3.8) is 0 Å². The molecule has 19 heavy (non-hydrogen) atoms. The Labute approximate surface area is 117 Å². The van der Waals surface area contributed by atoms with Crippen molar-refractivity contribution in [2.24, 2.45) is 0 Å². The van der Waals surface area contributed by atoms with Crippen LogP contribution in [0.2, 0.25) is 5.15 Å². The molecule has 3 rings (SSSR count). The molecule has 0 amide bonds. The van der Waals surface area contributed by atoms with E-state index in [2.05, 4.69) is 9.97 Å². The molecule has 1 aromatic heterocycles. The number of nitrogens with zero attached hydrogens (tertiary/aromatic N) is 2. The monoisotopic (exact) mass is 274 g/mol. The van der Waals surface area contributed by atoms with Gasteiger partial charge in [0.1, 0.15) is 11.0 Å². The summed E-state index contributed by atoms with van der Waals surface area (Å²) in [6.07, 6.45) is 1.93. The van der Waals surface area contributed by atoms with E-state index in [0.717, 1.165) is 43.1 Å². The minimum absolute atomic E-state index is 0.356. The lowest BCUT2D eigenvalue weighted by Crippen LogP contribution is -2.16. The molecule has 1 aliphatic rings. The number of hydrogen-bond donors (Lipinski definition) is 0. The fraction of sp³-hybridized carbons (Fsp3) is 0.333. The van der Waals surface area contributed by atoms with Crippen LogP contribution in [0.4, 0.5) is 0 Å². The molecule has 2 aromatic rings. The molecule has 1 fully saturated rings. The molecule has 0 N–H and O–H groups in total. The third-order valence-electron chi connectivity index (χ3n) is 3.37. The molecule has 1 saturated heterocycles. The third-order valence-corrected chi connectivity index (χ3v) is 3.56. The van der Waals surface area contributed by atoms with Crippen molar-refractivity contribution in [2.75, 3.05) is 13.2 Å². The van der Waals surface area contributed by atoms with Gasteiger partial charge in [0, 0.05) is 30.8 Å². The summed E-state index contributed by atoms with van der Waals surface area (Å²) in [4.78, 5) is 9.06. The van der Waals surface area contributed by atoms with Crippen LogP contribution in [-0.2, 0) is 4.74 Å². The molecule has 1 aromatic carbocycles. The lowest BCUT2D eigenvalue weighted by atomic mass is 9.99. The van der Waals surface area contributed by atoms with Gasteiger partial charge in [-0.15, -0.1) is 0 Å². The third kappa shape index (κ3) is 2.94. The topological polar surface area (TPSA) is 35.0 Å². The smallest absolute Gasteiger partial charge is 0.134 e. The van der Waals surface area contributed by atoms with Gasteiger partial charge in [0.05, 0.1) is 5.69 Å². The van der Waals surface area contributed by atoms with Crippen molar-refractivity contribution in [1.29, 1.82) is 0 Å². The Hall–Kier alpha value is -1.45. The van der Waals surface area contributed by atoms with Gasteiger partial charge in [-0.25, -0.2) is 9.97 Å². The summed E-state index contributed by atoms with van der Waals surface area (Å²) in [5.41, 5.74) is 1.96. The summed E-state index contributed by atoms with van der Waals surface area (Å²) in [6.45, 7) is 1.56. The van der Waals surface area contributed by atoms with Crippen LogP contribution in [0.1, 0.15) is 24.6 Å². The zero-order valence-electron chi connectivity index (χ0n) is 10.6. The van der Waals surface area contributed by atoms with Gasteiger partial charge in [0.25, 0.3) is 0 Å². The molecule has 98 valence electrons. The minimum atomic E-state index is 0.356. The molecular formula is C15H15ClN2O. The number of aromatic nitrogens is 2. The number of hydrogen-bond acceptors (Lipinski definition) is 3. The molecule has 2 heterocycles. The predicted molar refractivity (Wildman–Crippen MR) is 75.3 cm³/mol. The predicted octanol–water partition coefficient (Wildman–Crippen LogP) is 3.69. The van der Waals surface area contributed by atoms with Crippen LogP contribution in [0.3, 0.4) is 0 Å². The van der Waals surface area contributed by atoms with Gasteiger partial charge in [-0.3, -0.25) is 0 Å². The number of rotatable bonds is 2. The molecule has 0 aliphatic carbocycles. The Balaban J connectivity index is 1.96. The maximum absolute atomic E-state index is 6.14. The number of ether oxygens (including phenoxy) is 1. The second-order valence-corrected chi connectivity index (χ2v) is 5.07. The van der Waals surface area contributed by atoms with E-state index in [1.165, 1.54) is 0 Å². The number of benzene rings is 1. The molecule has 0 radical (unpaired) electrons. The Morgan fingerprint density at radius 1 is 1.05 bits per heavy atom. The van der Waals surface area contributed by atoms with Gasteiger partial charge in [0.2, 0.25) is 0 Å². The first-order chi connectivity index (χ1) is 9.33. The van der Waals surface area contributed by atoms with Crippen molar-refractivity contribution < 1.29 is 4.74 Å². The van der Waals surface area contributed by atoms with E-state index < -0.39 is 0 Å². The van der Waals surface area contributed by atoms with Gasteiger partial charge in [-0.1, -0.05) is 41.9 Å². The highest BCUT2D eigenvalue weighted by Crippen LogP contribution is 2.27. The summed E-state index contributed by atoms with van der Waals surface area (Å²) < 4.78 is 5.38. The highest BCUT2D eigenvalue weighted by molar-refractivity contribution is 6.29. The lowest BCUT2D eigenvalue weighted by Gasteiger charge is -2.21. The molecule has 0 saturated carbocycles. The Morgan fingerprint density at radius 3 is 2.53 bits per heavy atom. The molecule has 1 aliphatic heterocycles. The maximum Gasteiger partial charge on any atom is 0.134 e. The van der Waals surface area contributed by atoms with Gasteiger partial charge in [-0.05, 0) is 12.8 Å². The normalized spacial score (nSPS) is 16.5. The Kier molecular flexibility index (Phi) is 3.76. The van der Waals surface area contributed by atoms with Crippen LogP contribution in [0.25, 0.3) is 11.3 Å². The van der Waals surface area contributed by atoms with E-state index in [1.807, 2.05) is 36.4 Å². The highest BCUT2D eigenvalue weighted by Gasteiger charge is 2.19. The molecule has 4 heteroatoms. The first kappa shape index (κ1) is 12.6. The van der Waals surface area contributed by atoms with Crippen molar-refractivity contribution in [3.8, 4) is 11.3 Å². The van der Waals surface area contributed by atoms with Gasteiger partial charge < -0.3 is 4.74 Å². The summed E-state index contributed by atoms with van der Waals surface area (Å²) in [5, 5.41) is 0.510. The van der Waals surface area contributed by atoms with Gasteiger partial charge in [0.15, 0.2) is 0 Å². The maximum atomic E-state index is 6.14. The van der Waals surface area contributed by atoms with Crippen LogP contribution in [0.15, 0.2) is 36.4 Å². The molecule has 0 bridgehead atoms. The second-order valence-electron chi connectivity index (χ2n) is 4.69. The fourth-order valence-electron chi connectivity index (χ4n) is 2.33. The largest absolute Gasteiger partial charge is 0.381 e. The summed E-state index contributed by atoms with van der Waals surface area (Å²) in [6, 6.07) is 11.9. The van der Waals surface area contributed by atoms with Crippen LogP contribution in [0, 0.1) is 0 Å². The fourth-order valence-corrected chi connectivity index (χ4v) is 2.52. The first-order valence-corrected chi connectivity index (χ1v) is 6.88. The molecule has 0 spiro atoms. The Morgan fingerprint density at radius 2 is 1.79 bits per heavy atom. The first-order valence-electron chi connectivity index (χ1n) is 6.50. The van der Waals surface area contributed by atoms with Crippen molar-refractivity contribution in [3.05, 3.63) is 47.4 Å². The van der Waals surface area contributed by atoms with Gasteiger partial charge in [-0.2, -0.15) is 0 Å². The summed E-state index contributed by atoms with van der Waals surface area (Å²) in [5.74, 6) is 1.20. The highest BCUT2D eigenvalue weighted by atomic mass is 35.5. The summed E-state index contributed by atoms with van der Waals surface area (Å²) >= 11 is 6.14. The van der Waals surface area contributed by atoms with Crippen molar-refractivity contribution in [2.45, 2.75) is 18.8 Å². The lowest BCUT2D eigenvalue weighted by molar-refractivity contribution is 0.0836. The Bertz CT molecular complexity index is 553. The van der Waals surface area contributed by atoms with Crippen molar-refractivity contribution in [1.82, 2.24) is 9.97 Å².